The Hall–Kier alpha value is -2.49. The van der Waals surface area contributed by atoms with E-state index < -0.39 is 0 Å². The van der Waals surface area contributed by atoms with Crippen molar-refractivity contribution in [1.82, 2.24) is 0 Å². The Kier molecular flexibility index (Phi) is 6.71. The third-order valence-corrected chi connectivity index (χ3v) is 7.56. The molecule has 0 saturated carbocycles. The zero-order valence-corrected chi connectivity index (χ0v) is 17.7. The van der Waals surface area contributed by atoms with E-state index in [2.05, 4.69) is 24.3 Å². The predicted molar refractivity (Wildman–Crippen MR) is 127 cm³/mol. The molecule has 4 rings (SSSR count). The fourth-order valence-electron chi connectivity index (χ4n) is 3.47. The number of benzene rings is 3. The van der Waals surface area contributed by atoms with Crippen LogP contribution in [0.1, 0.15) is 22.6 Å². The fourth-order valence-corrected chi connectivity index (χ4v) is 6.09. The molecule has 1 aliphatic rings. The van der Waals surface area contributed by atoms with E-state index in [-0.39, 0.29) is 11.7 Å². The minimum absolute atomic E-state index is 0.0709. The molecule has 0 unspecified atom stereocenters. The molecule has 3 heteroatoms. The van der Waals surface area contributed by atoms with Crippen molar-refractivity contribution in [1.29, 1.82) is 0 Å². The number of carbonyl (C=O) groups excluding carboxylic acids is 1. The summed E-state index contributed by atoms with van der Waals surface area (Å²) >= 11 is 3.61. The van der Waals surface area contributed by atoms with Gasteiger partial charge in [-0.25, -0.2) is 0 Å². The van der Waals surface area contributed by atoms with Crippen molar-refractivity contribution in [3.05, 3.63) is 124 Å². The molecule has 3 aromatic carbocycles. The Bertz CT molecular complexity index is 961. The van der Waals surface area contributed by atoms with Gasteiger partial charge < -0.3 is 0 Å². The van der Waals surface area contributed by atoms with Gasteiger partial charge in [-0.2, -0.15) is 0 Å². The molecule has 0 aliphatic carbocycles. The minimum atomic E-state index is -0.0709. The zero-order chi connectivity index (χ0) is 19.9. The molecule has 1 nitrogen and oxygen atoms in total. The highest BCUT2D eigenvalue weighted by atomic mass is 32.2. The van der Waals surface area contributed by atoms with Gasteiger partial charge in [-0.05, 0) is 22.8 Å². The van der Waals surface area contributed by atoms with Crippen LogP contribution in [0.2, 0.25) is 0 Å². The monoisotopic (exact) mass is 414 g/mol. The Morgan fingerprint density at radius 1 is 0.724 bits per heavy atom. The summed E-state index contributed by atoms with van der Waals surface area (Å²) in [5, 5.41) is 0. The van der Waals surface area contributed by atoms with Crippen molar-refractivity contribution in [2.24, 2.45) is 0 Å². The van der Waals surface area contributed by atoms with E-state index in [9.17, 15) is 4.79 Å². The standard InChI is InChI=1S/C26H22OS2/c27-23(17-16-20-10-4-1-5-11-20)25(26-28-18-19-29-26)24(21-12-6-2-7-13-21)22-14-8-3-9-15-22/h1-17,24H,18-19H2/b17-16+. The number of ketones is 1. The molecular weight excluding hydrogens is 392 g/mol. The van der Waals surface area contributed by atoms with E-state index >= 15 is 0 Å². The summed E-state index contributed by atoms with van der Waals surface area (Å²) < 4.78 is 1.16. The van der Waals surface area contributed by atoms with E-state index in [0.717, 1.165) is 38.0 Å². The molecular formula is C26H22OS2. The molecule has 1 heterocycles. The Labute approximate surface area is 180 Å². The lowest BCUT2D eigenvalue weighted by Crippen LogP contribution is -2.13. The second-order valence-electron chi connectivity index (χ2n) is 6.76. The molecule has 0 spiro atoms. The second-order valence-corrected chi connectivity index (χ2v) is 9.23. The summed E-state index contributed by atoms with van der Waals surface area (Å²) in [6, 6.07) is 30.7. The molecule has 0 atom stereocenters. The van der Waals surface area contributed by atoms with Gasteiger partial charge in [0.05, 0.1) is 0 Å². The summed E-state index contributed by atoms with van der Waals surface area (Å²) in [7, 11) is 0. The molecule has 1 aliphatic heterocycles. The van der Waals surface area contributed by atoms with Gasteiger partial charge in [-0.1, -0.05) is 97.1 Å². The molecule has 0 bridgehead atoms. The van der Waals surface area contributed by atoms with Gasteiger partial charge >= 0.3 is 0 Å². The quantitative estimate of drug-likeness (QED) is 0.413. The molecule has 1 saturated heterocycles. The van der Waals surface area contributed by atoms with Crippen molar-refractivity contribution in [2.45, 2.75) is 5.92 Å². The van der Waals surface area contributed by atoms with Crippen LogP contribution in [-0.4, -0.2) is 17.3 Å². The van der Waals surface area contributed by atoms with Gasteiger partial charge in [0.2, 0.25) is 0 Å². The number of rotatable bonds is 6. The van der Waals surface area contributed by atoms with Crippen molar-refractivity contribution in [3.63, 3.8) is 0 Å². The van der Waals surface area contributed by atoms with Gasteiger partial charge in [0.15, 0.2) is 5.78 Å². The smallest absolute Gasteiger partial charge is 0.184 e. The Morgan fingerprint density at radius 2 is 1.21 bits per heavy atom. The van der Waals surface area contributed by atoms with Crippen molar-refractivity contribution >= 4 is 35.4 Å². The minimum Gasteiger partial charge on any atom is -0.290 e. The van der Waals surface area contributed by atoms with E-state index in [1.54, 1.807) is 29.6 Å². The largest absolute Gasteiger partial charge is 0.290 e. The SMILES string of the molecule is O=C(/C=C/c1ccccc1)C(=C1SCCS1)C(c1ccccc1)c1ccccc1. The lowest BCUT2D eigenvalue weighted by atomic mass is 9.83. The lowest BCUT2D eigenvalue weighted by molar-refractivity contribution is -0.111. The molecule has 0 aromatic heterocycles. The average molecular weight is 415 g/mol. The maximum absolute atomic E-state index is 13.5. The summed E-state index contributed by atoms with van der Waals surface area (Å²) in [5.74, 6) is 2.12. The van der Waals surface area contributed by atoms with E-state index in [4.69, 9.17) is 0 Å². The van der Waals surface area contributed by atoms with Crippen LogP contribution < -0.4 is 0 Å². The third-order valence-electron chi connectivity index (χ3n) is 4.82. The summed E-state index contributed by atoms with van der Waals surface area (Å²) in [5.41, 5.74) is 4.22. The molecule has 0 radical (unpaired) electrons. The molecule has 0 amide bonds. The molecule has 0 N–H and O–H groups in total. The first-order valence-electron chi connectivity index (χ1n) is 9.70. The van der Waals surface area contributed by atoms with Crippen LogP contribution in [0.25, 0.3) is 6.08 Å². The number of carbonyl (C=O) groups is 1. The topological polar surface area (TPSA) is 17.1 Å². The highest BCUT2D eigenvalue weighted by molar-refractivity contribution is 8.25. The average Bonchev–Trinajstić information content (AvgIpc) is 3.32. The maximum atomic E-state index is 13.5. The van der Waals surface area contributed by atoms with Gasteiger partial charge in [-0.15, -0.1) is 23.5 Å². The molecule has 29 heavy (non-hydrogen) atoms. The third kappa shape index (κ3) is 4.92. The summed E-state index contributed by atoms with van der Waals surface area (Å²) in [6.07, 6.45) is 3.65. The number of thioether (sulfide) groups is 2. The first-order valence-corrected chi connectivity index (χ1v) is 11.7. The van der Waals surface area contributed by atoms with E-state index in [0.29, 0.717) is 0 Å². The zero-order valence-electron chi connectivity index (χ0n) is 16.0. The summed E-state index contributed by atoms with van der Waals surface area (Å²) in [4.78, 5) is 13.5. The number of hydrogen-bond donors (Lipinski definition) is 0. The number of hydrogen-bond acceptors (Lipinski definition) is 3. The van der Waals surface area contributed by atoms with Crippen LogP contribution in [0.3, 0.4) is 0 Å². The van der Waals surface area contributed by atoms with Gasteiger partial charge in [0.25, 0.3) is 0 Å². The second kappa shape index (κ2) is 9.82. The first-order chi connectivity index (χ1) is 14.3. The van der Waals surface area contributed by atoms with Gasteiger partial charge in [-0.3, -0.25) is 4.79 Å². The predicted octanol–water partition coefficient (Wildman–Crippen LogP) is 6.79. The normalized spacial score (nSPS) is 13.9. The van der Waals surface area contributed by atoms with Gasteiger partial charge in [0, 0.05) is 27.2 Å². The molecule has 144 valence electrons. The lowest BCUT2D eigenvalue weighted by Gasteiger charge is -2.22. The van der Waals surface area contributed by atoms with E-state index in [1.165, 1.54) is 0 Å². The highest BCUT2D eigenvalue weighted by Crippen LogP contribution is 2.45. The van der Waals surface area contributed by atoms with Crippen molar-refractivity contribution in [2.75, 3.05) is 11.5 Å². The van der Waals surface area contributed by atoms with Crippen LogP contribution >= 0.6 is 23.5 Å². The highest BCUT2D eigenvalue weighted by Gasteiger charge is 2.28. The van der Waals surface area contributed by atoms with Crippen LogP contribution in [-0.2, 0) is 4.79 Å². The van der Waals surface area contributed by atoms with Crippen molar-refractivity contribution in [3.8, 4) is 0 Å². The van der Waals surface area contributed by atoms with Crippen LogP contribution in [0.5, 0.6) is 0 Å². The molecule has 3 aromatic rings. The summed E-state index contributed by atoms with van der Waals surface area (Å²) in [6.45, 7) is 0. The van der Waals surface area contributed by atoms with Crippen LogP contribution in [0, 0.1) is 0 Å². The van der Waals surface area contributed by atoms with Crippen molar-refractivity contribution < 1.29 is 4.79 Å². The molecule has 1 fully saturated rings. The number of allylic oxidation sites excluding steroid dienone is 2. The Morgan fingerprint density at radius 3 is 1.72 bits per heavy atom. The van der Waals surface area contributed by atoms with Crippen LogP contribution in [0.15, 0.2) is 107 Å². The van der Waals surface area contributed by atoms with Crippen LogP contribution in [0.4, 0.5) is 0 Å². The van der Waals surface area contributed by atoms with Gasteiger partial charge in [0.1, 0.15) is 0 Å². The first kappa shape index (κ1) is 19.8. The Balaban J connectivity index is 1.80. The fraction of sp³-hybridized carbons (Fsp3) is 0.115. The van der Waals surface area contributed by atoms with E-state index in [1.807, 2.05) is 72.8 Å². The maximum Gasteiger partial charge on any atom is 0.184 e.